The first-order valence-electron chi connectivity index (χ1n) is 8.72. The van der Waals surface area contributed by atoms with Gasteiger partial charge in [-0.15, -0.1) is 0 Å². The number of nitrogens with zero attached hydrogens (tertiary/aromatic N) is 2. The molecule has 1 amide bonds. The number of benzene rings is 1. The zero-order valence-electron chi connectivity index (χ0n) is 15.2. The van der Waals surface area contributed by atoms with Gasteiger partial charge in [0.15, 0.2) is 15.0 Å². The van der Waals surface area contributed by atoms with E-state index < -0.39 is 21.7 Å². The van der Waals surface area contributed by atoms with Crippen LogP contribution in [0.5, 0.6) is 0 Å². The minimum atomic E-state index is -3.12. The molecule has 2 aliphatic heterocycles. The molecule has 146 valence electrons. The fourth-order valence-electron chi connectivity index (χ4n) is 3.39. The Balaban J connectivity index is 1.91. The third-order valence-electron chi connectivity index (χ3n) is 4.89. The molecule has 3 rings (SSSR count). The van der Waals surface area contributed by atoms with Gasteiger partial charge in [0, 0.05) is 23.3 Å². The van der Waals surface area contributed by atoms with Crippen molar-refractivity contribution in [2.75, 3.05) is 16.4 Å². The second-order valence-corrected chi connectivity index (χ2v) is 10.3. The summed E-state index contributed by atoms with van der Waals surface area (Å²) in [7, 11) is -3.12. The average Bonchev–Trinajstić information content (AvgIpc) is 3.01. The number of fused-ring (bicyclic) bond motifs is 1. The molecule has 2 aliphatic rings. The molecule has 0 unspecified atom stereocenters. The largest absolute Gasteiger partial charge is 0.550 e. The Hall–Kier alpha value is -1.87. The first kappa shape index (κ1) is 19.9. The highest BCUT2D eigenvalue weighted by Gasteiger charge is 2.49. The van der Waals surface area contributed by atoms with Gasteiger partial charge in [-0.2, -0.15) is 4.99 Å². The summed E-state index contributed by atoms with van der Waals surface area (Å²) in [6.45, 7) is 3.94. The number of aryl methyl sites for hydroxylation is 1. The van der Waals surface area contributed by atoms with E-state index in [2.05, 4.69) is 4.99 Å². The number of carboxylic acid groups (broad SMARTS) is 1. The minimum absolute atomic E-state index is 0.0202. The Bertz CT molecular complexity index is 910. The first-order chi connectivity index (χ1) is 12.7. The Morgan fingerprint density at radius 1 is 1.26 bits per heavy atom. The molecule has 0 aliphatic carbocycles. The number of hydrogen-bond acceptors (Lipinski definition) is 6. The average molecular weight is 410 g/mol. The summed E-state index contributed by atoms with van der Waals surface area (Å²) in [6, 6.07) is 5.53. The van der Waals surface area contributed by atoms with Crippen LogP contribution >= 0.6 is 11.8 Å². The molecular weight excluding hydrogens is 388 g/mol. The van der Waals surface area contributed by atoms with Crippen molar-refractivity contribution in [3.8, 4) is 0 Å². The maximum atomic E-state index is 12.2. The second-order valence-electron chi connectivity index (χ2n) is 6.90. The van der Waals surface area contributed by atoms with Crippen LogP contribution in [0.3, 0.4) is 0 Å². The van der Waals surface area contributed by atoms with Crippen LogP contribution < -0.4 is 10.0 Å². The van der Waals surface area contributed by atoms with Crippen molar-refractivity contribution in [3.63, 3.8) is 0 Å². The van der Waals surface area contributed by atoms with Crippen LogP contribution in [0, 0.1) is 13.8 Å². The lowest BCUT2D eigenvalue weighted by Gasteiger charge is -2.26. The van der Waals surface area contributed by atoms with Gasteiger partial charge in [-0.1, -0.05) is 23.9 Å². The normalized spacial score (nSPS) is 25.0. The zero-order valence-corrected chi connectivity index (χ0v) is 16.8. The summed E-state index contributed by atoms with van der Waals surface area (Å²) in [5, 5.41) is 10.8. The number of aliphatic imine (C=N–C) groups is 1. The third-order valence-corrected chi connectivity index (χ3v) is 8.10. The van der Waals surface area contributed by atoms with E-state index in [-0.39, 0.29) is 42.1 Å². The fourth-order valence-corrected chi connectivity index (χ4v) is 7.31. The zero-order chi connectivity index (χ0) is 19.8. The summed E-state index contributed by atoms with van der Waals surface area (Å²) >= 11 is 1.32. The first-order valence-corrected chi connectivity index (χ1v) is 11.4. The molecule has 7 nitrogen and oxygen atoms in total. The highest BCUT2D eigenvalue weighted by Crippen LogP contribution is 2.42. The molecule has 2 heterocycles. The number of thioether (sulfide) groups is 1. The van der Waals surface area contributed by atoms with Crippen molar-refractivity contribution < 1.29 is 23.1 Å². The number of amides is 1. The molecule has 2 fully saturated rings. The number of hydrogen-bond donors (Lipinski definition) is 0. The van der Waals surface area contributed by atoms with Crippen LogP contribution in [0.1, 0.15) is 30.4 Å². The molecule has 27 heavy (non-hydrogen) atoms. The van der Waals surface area contributed by atoms with Crippen LogP contribution in [0.15, 0.2) is 23.2 Å². The molecule has 0 N–H and O–H groups in total. The van der Waals surface area contributed by atoms with Gasteiger partial charge >= 0.3 is 0 Å². The number of aliphatic carboxylic acids is 1. The number of carboxylic acids is 1. The van der Waals surface area contributed by atoms with Crippen molar-refractivity contribution in [1.29, 1.82) is 0 Å². The van der Waals surface area contributed by atoms with E-state index in [4.69, 9.17) is 0 Å². The molecule has 2 atom stereocenters. The maximum absolute atomic E-state index is 12.2. The second kappa shape index (κ2) is 7.63. The van der Waals surface area contributed by atoms with Crippen LogP contribution in [-0.2, 0) is 19.4 Å². The summed E-state index contributed by atoms with van der Waals surface area (Å²) in [5.41, 5.74) is 2.94. The van der Waals surface area contributed by atoms with Crippen LogP contribution in [0.4, 0.5) is 5.69 Å². The molecule has 0 spiro atoms. The highest BCUT2D eigenvalue weighted by atomic mass is 32.2. The van der Waals surface area contributed by atoms with Gasteiger partial charge in [-0.3, -0.25) is 4.79 Å². The van der Waals surface area contributed by atoms with Crippen molar-refractivity contribution in [2.24, 2.45) is 4.99 Å². The molecule has 2 saturated heterocycles. The van der Waals surface area contributed by atoms with E-state index in [0.717, 1.165) is 16.8 Å². The van der Waals surface area contributed by atoms with E-state index in [1.54, 1.807) is 0 Å². The minimum Gasteiger partial charge on any atom is -0.550 e. The van der Waals surface area contributed by atoms with Gasteiger partial charge in [0.25, 0.3) is 0 Å². The monoisotopic (exact) mass is 409 g/mol. The molecule has 0 bridgehead atoms. The van der Waals surface area contributed by atoms with Crippen molar-refractivity contribution in [1.82, 2.24) is 0 Å². The van der Waals surface area contributed by atoms with Crippen molar-refractivity contribution >= 4 is 44.3 Å². The number of anilines is 1. The lowest BCUT2D eigenvalue weighted by Crippen LogP contribution is -2.38. The Labute approximate surface area is 162 Å². The molecule has 0 radical (unpaired) electrons. The summed E-state index contributed by atoms with van der Waals surface area (Å²) in [4.78, 5) is 28.8. The summed E-state index contributed by atoms with van der Waals surface area (Å²) in [5.74, 6) is -1.49. The summed E-state index contributed by atoms with van der Waals surface area (Å²) in [6.07, 6.45) is 0.00751. The third kappa shape index (κ3) is 4.35. The molecule has 9 heteroatoms. The molecule has 0 saturated carbocycles. The Kier molecular flexibility index (Phi) is 5.62. The topological polar surface area (TPSA) is 107 Å². The van der Waals surface area contributed by atoms with Gasteiger partial charge in [-0.05, 0) is 43.9 Å². The van der Waals surface area contributed by atoms with E-state index in [9.17, 15) is 23.1 Å². The predicted molar refractivity (Wildman–Crippen MR) is 104 cm³/mol. The van der Waals surface area contributed by atoms with Gasteiger partial charge < -0.3 is 14.8 Å². The summed E-state index contributed by atoms with van der Waals surface area (Å²) < 4.78 is 24.2. The van der Waals surface area contributed by atoms with Crippen LogP contribution in [0.2, 0.25) is 0 Å². The molecule has 1 aromatic rings. The standard InChI is InChI=1S/C18H22N2O5S2/c1-11-5-3-6-13(12(11)2)20-14-9-27(24,25)10-15(14)26-18(20)19-16(21)7-4-8-17(22)23/h3,5-6,14-15H,4,7-10H2,1-2H3,(H,22,23)/p-1/t14-,15+/m1/s1. The van der Waals surface area contributed by atoms with E-state index in [0.29, 0.717) is 5.17 Å². The molecule has 0 aromatic heterocycles. The van der Waals surface area contributed by atoms with E-state index >= 15 is 0 Å². The Morgan fingerprint density at radius 3 is 2.70 bits per heavy atom. The Morgan fingerprint density at radius 2 is 2.00 bits per heavy atom. The quantitative estimate of drug-likeness (QED) is 0.709. The molecule has 1 aromatic carbocycles. The van der Waals surface area contributed by atoms with E-state index in [1.165, 1.54) is 11.8 Å². The van der Waals surface area contributed by atoms with E-state index in [1.807, 2.05) is 36.9 Å². The maximum Gasteiger partial charge on any atom is 0.248 e. The van der Waals surface area contributed by atoms with Gasteiger partial charge in [-0.25, -0.2) is 8.42 Å². The number of amidine groups is 1. The van der Waals surface area contributed by atoms with Crippen molar-refractivity contribution in [3.05, 3.63) is 29.3 Å². The lowest BCUT2D eigenvalue weighted by molar-refractivity contribution is -0.305. The van der Waals surface area contributed by atoms with Crippen molar-refractivity contribution in [2.45, 2.75) is 44.4 Å². The van der Waals surface area contributed by atoms with Gasteiger partial charge in [0.05, 0.1) is 17.5 Å². The molecular formula is C18H21N2O5S2-. The number of carbonyl (C=O) groups excluding carboxylic acids is 2. The SMILES string of the molecule is Cc1cccc(N2C(=NC(=O)CCCC(=O)[O-])S[C@H]3CS(=O)(=O)C[C@H]32)c1C. The van der Waals surface area contributed by atoms with Gasteiger partial charge in [0.1, 0.15) is 0 Å². The fraction of sp³-hybridized carbons (Fsp3) is 0.500. The number of sulfone groups is 1. The number of rotatable bonds is 5. The number of carbonyl (C=O) groups is 2. The van der Waals surface area contributed by atoms with Crippen LogP contribution in [0.25, 0.3) is 0 Å². The van der Waals surface area contributed by atoms with Gasteiger partial charge in [0.2, 0.25) is 5.91 Å². The predicted octanol–water partition coefficient (Wildman–Crippen LogP) is 0.825. The highest BCUT2D eigenvalue weighted by molar-refractivity contribution is 8.16. The smallest absolute Gasteiger partial charge is 0.248 e. The van der Waals surface area contributed by atoms with Crippen LogP contribution in [-0.4, -0.2) is 48.3 Å². The lowest BCUT2D eigenvalue weighted by atomic mass is 10.1.